The maximum atomic E-state index is 2.79. The van der Waals surface area contributed by atoms with E-state index < -0.39 is 16.1 Å². The molecular weight excluding hydrogens is 513 g/mol. The van der Waals surface area contributed by atoms with E-state index >= 15 is 0 Å². The van der Waals surface area contributed by atoms with Gasteiger partial charge in [0.25, 0.3) is 0 Å². The fraction of sp³-hybridized carbons (Fsp3) is 0.733. The topological polar surface area (TPSA) is 0 Å². The van der Waals surface area contributed by atoms with Crippen molar-refractivity contribution in [3.05, 3.63) is 12.1 Å². The van der Waals surface area contributed by atoms with Crippen molar-refractivity contribution in [2.45, 2.75) is 134 Å². The standard InChI is InChI=1S/C30H52S3Si2/c1-10-14-16-23(12-3)20-35(21-24(13-4)17-15-11-2)25-18-27(31-22(5)6)32-29(25)30-26(35)19-28(33-30)34(7,8)9/h18-19,22-24H,10-17,20-21H2,1-9H3. The summed E-state index contributed by atoms with van der Waals surface area (Å²) in [5, 5.41) is 4.40. The van der Waals surface area contributed by atoms with Crippen LogP contribution in [0.4, 0.5) is 0 Å². The minimum atomic E-state index is -1.80. The van der Waals surface area contributed by atoms with Gasteiger partial charge in [-0.05, 0) is 44.9 Å². The Bertz CT molecular complexity index is 916. The van der Waals surface area contributed by atoms with Crippen LogP contribution in [-0.4, -0.2) is 21.4 Å². The Kier molecular flexibility index (Phi) is 10.9. The van der Waals surface area contributed by atoms with E-state index in [2.05, 4.69) is 108 Å². The third-order valence-corrected chi connectivity index (χ3v) is 21.1. The summed E-state index contributed by atoms with van der Waals surface area (Å²) in [6.45, 7) is 22.1. The van der Waals surface area contributed by atoms with Gasteiger partial charge in [0.2, 0.25) is 0 Å². The average molecular weight is 565 g/mol. The number of hydrogen-bond acceptors (Lipinski definition) is 3. The van der Waals surface area contributed by atoms with Gasteiger partial charge in [0.1, 0.15) is 8.07 Å². The van der Waals surface area contributed by atoms with Crippen molar-refractivity contribution in [1.29, 1.82) is 0 Å². The number of hydrogen-bond donors (Lipinski definition) is 0. The number of unbranched alkanes of at least 4 members (excludes halogenated alkanes) is 2. The van der Waals surface area contributed by atoms with E-state index in [0.29, 0.717) is 5.25 Å². The van der Waals surface area contributed by atoms with E-state index in [4.69, 9.17) is 0 Å². The molecular formula is C30H52S3Si2. The van der Waals surface area contributed by atoms with Crippen LogP contribution in [0.1, 0.15) is 92.9 Å². The van der Waals surface area contributed by atoms with Crippen LogP contribution in [0.3, 0.4) is 0 Å². The van der Waals surface area contributed by atoms with Crippen molar-refractivity contribution >= 4 is 65.5 Å². The first-order valence-electron chi connectivity index (χ1n) is 14.6. The second-order valence-electron chi connectivity index (χ2n) is 12.4. The summed E-state index contributed by atoms with van der Waals surface area (Å²) < 4.78 is 3.33. The fourth-order valence-corrected chi connectivity index (χ4v) is 19.9. The van der Waals surface area contributed by atoms with Crippen LogP contribution >= 0.6 is 34.4 Å². The van der Waals surface area contributed by atoms with E-state index in [1.807, 2.05) is 10.4 Å². The molecule has 2 unspecified atom stereocenters. The predicted molar refractivity (Wildman–Crippen MR) is 173 cm³/mol. The molecule has 2 aromatic heterocycles. The molecule has 0 spiro atoms. The Labute approximate surface area is 232 Å². The van der Waals surface area contributed by atoms with Crippen LogP contribution in [0.5, 0.6) is 0 Å². The van der Waals surface area contributed by atoms with Gasteiger partial charge >= 0.3 is 0 Å². The lowest BCUT2D eigenvalue weighted by Crippen LogP contribution is -2.57. The molecule has 0 aromatic carbocycles. The predicted octanol–water partition coefficient (Wildman–Crippen LogP) is 9.83. The number of rotatable bonds is 15. The van der Waals surface area contributed by atoms with Gasteiger partial charge in [-0.15, -0.1) is 34.4 Å². The lowest BCUT2D eigenvalue weighted by Gasteiger charge is -2.36. The van der Waals surface area contributed by atoms with Crippen LogP contribution in [0.2, 0.25) is 31.7 Å². The van der Waals surface area contributed by atoms with Gasteiger partial charge in [-0.2, -0.15) is 0 Å². The molecule has 3 heterocycles. The molecule has 1 aliphatic rings. The Balaban J connectivity index is 2.19. The van der Waals surface area contributed by atoms with Crippen LogP contribution < -0.4 is 14.9 Å². The molecule has 0 aliphatic carbocycles. The smallest absolute Gasteiger partial charge is 0.122 e. The first-order chi connectivity index (χ1) is 16.6. The minimum Gasteiger partial charge on any atom is -0.144 e. The molecule has 3 rings (SSSR count). The molecule has 0 radical (unpaired) electrons. The number of thiophene rings is 2. The van der Waals surface area contributed by atoms with E-state index in [0.717, 1.165) is 11.8 Å². The maximum Gasteiger partial charge on any atom is 0.122 e. The highest BCUT2D eigenvalue weighted by Gasteiger charge is 2.50. The molecule has 2 atom stereocenters. The highest BCUT2D eigenvalue weighted by atomic mass is 32.2. The van der Waals surface area contributed by atoms with Crippen molar-refractivity contribution in [3.8, 4) is 9.75 Å². The molecule has 1 aliphatic heterocycles. The molecule has 0 amide bonds. The highest BCUT2D eigenvalue weighted by molar-refractivity contribution is 8.01. The van der Waals surface area contributed by atoms with Gasteiger partial charge in [-0.1, -0.05) is 119 Å². The molecule has 0 nitrogen and oxygen atoms in total. The average Bonchev–Trinajstić information content (AvgIpc) is 3.47. The normalized spacial score (nSPS) is 19.3. The van der Waals surface area contributed by atoms with E-state index in [-0.39, 0.29) is 0 Å². The molecule has 0 fully saturated rings. The van der Waals surface area contributed by atoms with Crippen molar-refractivity contribution < 1.29 is 0 Å². The summed E-state index contributed by atoms with van der Waals surface area (Å²) in [6, 6.07) is 8.50. The lowest BCUT2D eigenvalue weighted by atomic mass is 10.0. The third-order valence-electron chi connectivity index (χ3n) is 8.13. The van der Waals surface area contributed by atoms with Gasteiger partial charge in [0.15, 0.2) is 0 Å². The van der Waals surface area contributed by atoms with Crippen molar-refractivity contribution in [1.82, 2.24) is 0 Å². The second kappa shape index (κ2) is 12.8. The minimum absolute atomic E-state index is 0.658. The van der Waals surface area contributed by atoms with Crippen LogP contribution in [-0.2, 0) is 0 Å². The van der Waals surface area contributed by atoms with Crippen molar-refractivity contribution in [3.63, 3.8) is 0 Å². The van der Waals surface area contributed by atoms with Crippen LogP contribution in [0.25, 0.3) is 9.75 Å². The fourth-order valence-electron chi connectivity index (χ4n) is 6.01. The lowest BCUT2D eigenvalue weighted by molar-refractivity contribution is 0.469. The van der Waals surface area contributed by atoms with Crippen LogP contribution in [0.15, 0.2) is 16.3 Å². The summed E-state index contributed by atoms with van der Waals surface area (Å²) in [5.41, 5.74) is 0. The molecule has 2 aromatic rings. The van der Waals surface area contributed by atoms with Crippen molar-refractivity contribution in [2.75, 3.05) is 0 Å². The monoisotopic (exact) mass is 564 g/mol. The number of fused-ring (bicyclic) bond motifs is 3. The first-order valence-corrected chi connectivity index (χ1v) is 23.0. The van der Waals surface area contributed by atoms with E-state index in [1.165, 1.54) is 63.5 Å². The molecule has 0 N–H and O–H groups in total. The highest BCUT2D eigenvalue weighted by Crippen LogP contribution is 2.46. The summed E-state index contributed by atoms with van der Waals surface area (Å²) in [6.07, 6.45) is 11.0. The quantitative estimate of drug-likeness (QED) is 0.153. The summed E-state index contributed by atoms with van der Waals surface area (Å²) >= 11 is 6.46. The molecule has 0 bridgehead atoms. The SMILES string of the molecule is CCCCC(CC)C[Si]1(CC(CC)CCCC)c2cc(SC(C)C)sc2-c2sc([Si](C)(C)C)cc21. The third kappa shape index (κ3) is 6.80. The van der Waals surface area contributed by atoms with Crippen molar-refractivity contribution in [2.24, 2.45) is 11.8 Å². The number of thioether (sulfide) groups is 1. The Hall–Kier alpha value is 0.184. The first kappa shape index (κ1) is 29.7. The van der Waals surface area contributed by atoms with Crippen LogP contribution in [0, 0.1) is 11.8 Å². The van der Waals surface area contributed by atoms with Gasteiger partial charge in [0, 0.05) is 15.0 Å². The zero-order valence-corrected chi connectivity index (χ0v) is 28.6. The van der Waals surface area contributed by atoms with E-state index in [1.54, 1.807) is 18.5 Å². The zero-order valence-electron chi connectivity index (χ0n) is 24.2. The molecule has 0 saturated carbocycles. The summed E-state index contributed by atoms with van der Waals surface area (Å²) in [7, 11) is -3.13. The summed E-state index contributed by atoms with van der Waals surface area (Å²) in [4.78, 5) is 3.43. The summed E-state index contributed by atoms with van der Waals surface area (Å²) in [5.74, 6) is 1.78. The zero-order chi connectivity index (χ0) is 25.8. The van der Waals surface area contributed by atoms with Gasteiger partial charge in [-0.3, -0.25) is 0 Å². The maximum absolute atomic E-state index is 2.79. The molecule has 5 heteroatoms. The Morgan fingerprint density at radius 2 is 1.31 bits per heavy atom. The largest absolute Gasteiger partial charge is 0.144 e. The Morgan fingerprint density at radius 3 is 1.77 bits per heavy atom. The Morgan fingerprint density at radius 1 is 0.800 bits per heavy atom. The second-order valence-corrected chi connectivity index (χ2v) is 25.8. The van der Waals surface area contributed by atoms with Gasteiger partial charge in [0.05, 0.1) is 12.3 Å². The van der Waals surface area contributed by atoms with E-state index in [9.17, 15) is 0 Å². The molecule has 198 valence electrons. The van der Waals surface area contributed by atoms with Gasteiger partial charge in [-0.25, -0.2) is 0 Å². The molecule has 35 heavy (non-hydrogen) atoms. The molecule has 0 saturated heterocycles. The van der Waals surface area contributed by atoms with Gasteiger partial charge < -0.3 is 0 Å².